The highest BCUT2D eigenvalue weighted by molar-refractivity contribution is 7.92. The number of hydrogen-bond acceptors (Lipinski definition) is 7. The summed E-state index contributed by atoms with van der Waals surface area (Å²) < 4.78 is 36.8. The van der Waals surface area contributed by atoms with E-state index in [9.17, 15) is 13.5 Å². The van der Waals surface area contributed by atoms with E-state index < -0.39 is 21.3 Å². The van der Waals surface area contributed by atoms with Crippen molar-refractivity contribution in [3.63, 3.8) is 0 Å². The van der Waals surface area contributed by atoms with Gasteiger partial charge in [0.05, 0.1) is 11.0 Å². The maximum atomic E-state index is 13.1. The summed E-state index contributed by atoms with van der Waals surface area (Å²) in [5, 5.41) is 15.6. The molecule has 0 fully saturated rings. The van der Waals surface area contributed by atoms with E-state index in [-0.39, 0.29) is 24.2 Å². The third-order valence-electron chi connectivity index (χ3n) is 4.72. The first-order valence-electron chi connectivity index (χ1n) is 9.67. The topological polar surface area (TPSA) is 96.9 Å². The molecule has 0 saturated carbocycles. The number of ether oxygens (including phenoxy) is 2. The average Bonchev–Trinajstić information content (AvgIpc) is 3.16. The normalized spacial score (nSPS) is 15.4. The van der Waals surface area contributed by atoms with Gasteiger partial charge >= 0.3 is 0 Å². The van der Waals surface area contributed by atoms with Crippen molar-refractivity contribution < 1.29 is 23.0 Å². The van der Waals surface area contributed by atoms with Crippen LogP contribution < -0.4 is 20.1 Å². The van der Waals surface area contributed by atoms with Gasteiger partial charge in [-0.25, -0.2) is 8.42 Å². The molecule has 1 heterocycles. The zero-order valence-electron chi connectivity index (χ0n) is 16.7. The minimum absolute atomic E-state index is 0.0901. The van der Waals surface area contributed by atoms with Gasteiger partial charge < -0.3 is 19.9 Å². The van der Waals surface area contributed by atoms with Gasteiger partial charge in [0.1, 0.15) is 5.37 Å². The van der Waals surface area contributed by atoms with Crippen LogP contribution in [0.15, 0.2) is 53.4 Å². The number of nitrogens with one attached hydrogen (secondary N) is 2. The Morgan fingerprint density at radius 3 is 2.48 bits per heavy atom. The van der Waals surface area contributed by atoms with Crippen LogP contribution in [0.3, 0.4) is 0 Å². The summed E-state index contributed by atoms with van der Waals surface area (Å²) in [4.78, 5) is 0.171. The molecule has 1 unspecified atom stereocenters. The van der Waals surface area contributed by atoms with Crippen LogP contribution in [0.25, 0.3) is 0 Å². The molecule has 7 nitrogen and oxygen atoms in total. The minimum atomic E-state index is -3.66. The van der Waals surface area contributed by atoms with Gasteiger partial charge in [0.2, 0.25) is 6.79 Å². The van der Waals surface area contributed by atoms with Crippen LogP contribution in [0.4, 0.5) is 0 Å². The predicted molar refractivity (Wildman–Crippen MR) is 111 cm³/mol. The third-order valence-corrected chi connectivity index (χ3v) is 7.01. The van der Waals surface area contributed by atoms with Gasteiger partial charge in [-0.05, 0) is 23.6 Å². The molecular weight excluding hydrogens is 392 g/mol. The molecule has 3 rings (SSSR count). The fraction of sp³-hybridized carbons (Fsp3) is 0.429. The van der Waals surface area contributed by atoms with E-state index in [1.54, 1.807) is 6.07 Å². The first-order valence-corrected chi connectivity index (χ1v) is 11.2. The van der Waals surface area contributed by atoms with Gasteiger partial charge in [-0.2, -0.15) is 0 Å². The Morgan fingerprint density at radius 2 is 1.76 bits per heavy atom. The molecule has 2 atom stereocenters. The van der Waals surface area contributed by atoms with Crippen LogP contribution in [0.1, 0.15) is 19.4 Å². The van der Waals surface area contributed by atoms with E-state index in [4.69, 9.17) is 9.47 Å². The van der Waals surface area contributed by atoms with Crippen LogP contribution in [0.2, 0.25) is 0 Å². The van der Waals surface area contributed by atoms with E-state index in [0.29, 0.717) is 24.6 Å². The predicted octanol–water partition coefficient (Wildman–Crippen LogP) is 1.91. The van der Waals surface area contributed by atoms with Gasteiger partial charge in [0.15, 0.2) is 21.3 Å². The van der Waals surface area contributed by atoms with Crippen molar-refractivity contribution in [2.75, 3.05) is 19.9 Å². The number of hydrogen-bond donors (Lipinski definition) is 3. The van der Waals surface area contributed by atoms with Crippen molar-refractivity contribution in [1.82, 2.24) is 10.6 Å². The van der Waals surface area contributed by atoms with Crippen LogP contribution in [0, 0.1) is 5.92 Å². The first-order chi connectivity index (χ1) is 13.9. The smallest absolute Gasteiger partial charge is 0.231 e. The quantitative estimate of drug-likeness (QED) is 0.540. The molecule has 0 spiro atoms. The van der Waals surface area contributed by atoms with Crippen LogP contribution >= 0.6 is 0 Å². The number of aliphatic hydroxyl groups excluding tert-OH is 1. The van der Waals surface area contributed by atoms with Crippen LogP contribution in [-0.2, 0) is 16.4 Å². The summed E-state index contributed by atoms with van der Waals surface area (Å²) >= 11 is 0. The first kappa shape index (κ1) is 21.6. The maximum Gasteiger partial charge on any atom is 0.231 e. The molecule has 158 valence electrons. The Labute approximate surface area is 172 Å². The summed E-state index contributed by atoms with van der Waals surface area (Å²) in [6, 6.07) is 14.5. The third kappa shape index (κ3) is 5.48. The molecule has 2 aromatic carbocycles. The molecule has 2 aromatic rings. The van der Waals surface area contributed by atoms with Crippen molar-refractivity contribution in [3.8, 4) is 11.5 Å². The Morgan fingerprint density at radius 1 is 1.03 bits per heavy atom. The molecule has 8 heteroatoms. The van der Waals surface area contributed by atoms with E-state index in [1.165, 1.54) is 12.1 Å². The molecule has 0 amide bonds. The van der Waals surface area contributed by atoms with E-state index >= 15 is 0 Å². The summed E-state index contributed by atoms with van der Waals surface area (Å²) in [7, 11) is -3.66. The molecule has 1 aliphatic rings. The summed E-state index contributed by atoms with van der Waals surface area (Å²) in [6.07, 6.45) is -0.716. The zero-order chi connectivity index (χ0) is 20.9. The lowest BCUT2D eigenvalue weighted by Crippen LogP contribution is -2.46. The van der Waals surface area contributed by atoms with Crippen molar-refractivity contribution >= 4 is 9.84 Å². The van der Waals surface area contributed by atoms with E-state index in [2.05, 4.69) is 10.6 Å². The fourth-order valence-electron chi connectivity index (χ4n) is 3.21. The highest BCUT2D eigenvalue weighted by Crippen LogP contribution is 2.35. The number of sulfone groups is 1. The van der Waals surface area contributed by atoms with Gasteiger partial charge in [-0.15, -0.1) is 0 Å². The van der Waals surface area contributed by atoms with E-state index in [0.717, 1.165) is 5.56 Å². The largest absolute Gasteiger partial charge is 0.454 e. The number of benzene rings is 2. The lowest BCUT2D eigenvalue weighted by atomic mass is 10.2. The van der Waals surface area contributed by atoms with Crippen molar-refractivity contribution in [2.24, 2.45) is 5.92 Å². The van der Waals surface area contributed by atoms with Crippen molar-refractivity contribution in [3.05, 3.63) is 54.1 Å². The highest BCUT2D eigenvalue weighted by Gasteiger charge is 2.31. The monoisotopic (exact) mass is 420 g/mol. The Balaban J connectivity index is 1.57. The standard InChI is InChI=1S/C21H28N2O5S/c1-15(2)21(23-13-17(24)12-22-11-16-6-4-3-5-7-16)29(25,26)18-8-9-19-20(10-18)28-14-27-19/h3-10,15,17,21-24H,11-14H2,1-2H3/t17-,21?/m1/s1. The van der Waals surface area contributed by atoms with Crippen LogP contribution in [0.5, 0.6) is 11.5 Å². The van der Waals surface area contributed by atoms with Crippen LogP contribution in [-0.4, -0.2) is 44.9 Å². The Hall–Kier alpha value is -2.13. The summed E-state index contributed by atoms with van der Waals surface area (Å²) in [5.74, 6) is 0.784. The lowest BCUT2D eigenvalue weighted by molar-refractivity contribution is 0.165. The molecule has 29 heavy (non-hydrogen) atoms. The molecule has 0 aliphatic carbocycles. The van der Waals surface area contributed by atoms with Gasteiger partial charge in [0, 0.05) is 25.7 Å². The zero-order valence-corrected chi connectivity index (χ0v) is 17.5. The minimum Gasteiger partial charge on any atom is -0.454 e. The van der Waals surface area contributed by atoms with Crippen molar-refractivity contribution in [2.45, 2.75) is 36.8 Å². The highest BCUT2D eigenvalue weighted by atomic mass is 32.2. The molecule has 0 aromatic heterocycles. The van der Waals surface area contributed by atoms with Gasteiger partial charge in [-0.3, -0.25) is 5.32 Å². The Bertz CT molecular complexity index is 903. The second-order valence-corrected chi connectivity index (χ2v) is 9.47. The second kappa shape index (κ2) is 9.58. The molecule has 0 radical (unpaired) electrons. The lowest BCUT2D eigenvalue weighted by Gasteiger charge is -2.24. The molecular formula is C21H28N2O5S. The maximum absolute atomic E-state index is 13.1. The molecule has 3 N–H and O–H groups in total. The number of fused-ring (bicyclic) bond motifs is 1. The van der Waals surface area contributed by atoms with E-state index in [1.807, 2.05) is 44.2 Å². The van der Waals surface area contributed by atoms with Gasteiger partial charge in [-0.1, -0.05) is 44.2 Å². The summed E-state index contributed by atoms with van der Waals surface area (Å²) in [5.41, 5.74) is 1.12. The number of rotatable bonds is 10. The molecule has 0 bridgehead atoms. The summed E-state index contributed by atoms with van der Waals surface area (Å²) in [6.45, 7) is 4.92. The second-order valence-electron chi connectivity index (χ2n) is 7.40. The molecule has 1 aliphatic heterocycles. The average molecular weight is 421 g/mol. The SMILES string of the molecule is CC(C)C(NC[C@H](O)CNCc1ccccc1)S(=O)(=O)c1ccc2c(c1)OCO2. The fourth-order valence-corrected chi connectivity index (χ4v) is 5.06. The number of aliphatic hydroxyl groups is 1. The van der Waals surface area contributed by atoms with Gasteiger partial charge in [0.25, 0.3) is 0 Å². The Kier molecular flexibility index (Phi) is 7.13. The molecule has 0 saturated heterocycles. The van der Waals surface area contributed by atoms with Crippen molar-refractivity contribution in [1.29, 1.82) is 0 Å².